The lowest BCUT2D eigenvalue weighted by Crippen LogP contribution is -2.30. The van der Waals surface area contributed by atoms with E-state index in [0.29, 0.717) is 33.5 Å². The highest BCUT2D eigenvalue weighted by Gasteiger charge is 2.15. The zero-order valence-electron chi connectivity index (χ0n) is 11.5. The van der Waals surface area contributed by atoms with Crippen molar-refractivity contribution in [2.75, 3.05) is 7.05 Å². The molecule has 0 saturated carbocycles. The highest BCUT2D eigenvalue weighted by molar-refractivity contribution is 6.35. The minimum Gasteiger partial charge on any atom is -0.316 e. The van der Waals surface area contributed by atoms with Gasteiger partial charge in [0.2, 0.25) is 0 Å². The number of hydrogen-bond donors (Lipinski definition) is 1. The molecule has 0 aromatic heterocycles. The van der Waals surface area contributed by atoms with Gasteiger partial charge in [0.15, 0.2) is 0 Å². The summed E-state index contributed by atoms with van der Waals surface area (Å²) in [7, 11) is 1.84. The fraction of sp³-hybridized carbons (Fsp3) is 0.250. The first kappa shape index (κ1) is 16.6. The van der Waals surface area contributed by atoms with Gasteiger partial charge in [-0.2, -0.15) is 0 Å². The molecule has 0 fully saturated rings. The molecule has 2 aromatic carbocycles. The van der Waals surface area contributed by atoms with Gasteiger partial charge in [-0.15, -0.1) is 0 Å². The first-order chi connectivity index (χ1) is 10.0. The van der Waals surface area contributed by atoms with Crippen molar-refractivity contribution >= 4 is 34.8 Å². The lowest BCUT2D eigenvalue weighted by Gasteiger charge is -2.18. The number of hydrogen-bond acceptors (Lipinski definition) is 1. The van der Waals surface area contributed by atoms with Crippen molar-refractivity contribution < 1.29 is 4.39 Å². The molecule has 21 heavy (non-hydrogen) atoms. The molecule has 1 unspecified atom stereocenters. The summed E-state index contributed by atoms with van der Waals surface area (Å²) in [5, 5.41) is 4.83. The number of rotatable bonds is 5. The van der Waals surface area contributed by atoms with E-state index < -0.39 is 0 Å². The zero-order chi connectivity index (χ0) is 15.4. The van der Waals surface area contributed by atoms with E-state index in [-0.39, 0.29) is 11.9 Å². The average molecular weight is 347 g/mol. The van der Waals surface area contributed by atoms with Gasteiger partial charge in [-0.3, -0.25) is 0 Å². The third-order valence-electron chi connectivity index (χ3n) is 3.40. The summed E-state index contributed by atoms with van der Waals surface area (Å²) in [5.41, 5.74) is 1.48. The third kappa shape index (κ3) is 4.33. The Bertz CT molecular complexity index is 611. The van der Waals surface area contributed by atoms with Gasteiger partial charge in [-0.05, 0) is 49.7 Å². The van der Waals surface area contributed by atoms with Crippen molar-refractivity contribution in [3.05, 3.63) is 68.4 Å². The van der Waals surface area contributed by atoms with Crippen LogP contribution in [-0.4, -0.2) is 13.1 Å². The van der Waals surface area contributed by atoms with Gasteiger partial charge in [0.1, 0.15) is 5.82 Å². The van der Waals surface area contributed by atoms with Crippen LogP contribution >= 0.6 is 34.8 Å². The minimum absolute atomic E-state index is 0.0260. The molecular weight excluding hydrogens is 332 g/mol. The van der Waals surface area contributed by atoms with Crippen LogP contribution in [0.15, 0.2) is 36.4 Å². The summed E-state index contributed by atoms with van der Waals surface area (Å²) in [6, 6.07) is 10.1. The Labute approximate surface area is 139 Å². The highest BCUT2D eigenvalue weighted by atomic mass is 35.5. The first-order valence-corrected chi connectivity index (χ1v) is 7.68. The molecule has 5 heteroatoms. The molecule has 112 valence electrons. The molecule has 2 rings (SSSR count). The summed E-state index contributed by atoms with van der Waals surface area (Å²) < 4.78 is 13.9. The number of nitrogens with one attached hydrogen (secondary N) is 1. The second-order valence-corrected chi connectivity index (χ2v) is 6.08. The second kappa shape index (κ2) is 7.46. The largest absolute Gasteiger partial charge is 0.316 e. The van der Waals surface area contributed by atoms with Crippen LogP contribution in [-0.2, 0) is 12.8 Å². The molecule has 0 spiro atoms. The maximum Gasteiger partial charge on any atom is 0.127 e. The topological polar surface area (TPSA) is 12.0 Å². The molecule has 0 heterocycles. The fourth-order valence-electron chi connectivity index (χ4n) is 2.20. The Hall–Kier alpha value is -0.800. The Balaban J connectivity index is 2.17. The molecule has 0 amide bonds. The Kier molecular flexibility index (Phi) is 5.88. The minimum atomic E-state index is -0.287. The fourth-order valence-corrected chi connectivity index (χ4v) is 2.93. The quantitative estimate of drug-likeness (QED) is 0.788. The van der Waals surface area contributed by atoms with Gasteiger partial charge < -0.3 is 5.32 Å². The van der Waals surface area contributed by atoms with Crippen LogP contribution in [0, 0.1) is 5.82 Å². The lowest BCUT2D eigenvalue weighted by atomic mass is 9.98. The SMILES string of the molecule is CNC(Cc1ccc(Cl)cc1Cl)Cc1c(F)cccc1Cl. The molecule has 1 atom stereocenters. The van der Waals surface area contributed by atoms with Crippen LogP contribution in [0.1, 0.15) is 11.1 Å². The molecule has 1 N–H and O–H groups in total. The van der Waals surface area contributed by atoms with E-state index in [4.69, 9.17) is 34.8 Å². The van der Waals surface area contributed by atoms with Crippen molar-refractivity contribution in [3.8, 4) is 0 Å². The predicted octanol–water partition coefficient (Wildman–Crippen LogP) is 5.16. The van der Waals surface area contributed by atoms with E-state index in [9.17, 15) is 4.39 Å². The monoisotopic (exact) mass is 345 g/mol. The highest BCUT2D eigenvalue weighted by Crippen LogP contribution is 2.25. The van der Waals surface area contributed by atoms with Crippen LogP contribution in [0.5, 0.6) is 0 Å². The van der Waals surface area contributed by atoms with Gasteiger partial charge in [0, 0.05) is 26.7 Å². The average Bonchev–Trinajstić information content (AvgIpc) is 2.44. The number of halogens is 4. The smallest absolute Gasteiger partial charge is 0.127 e. The molecule has 2 aromatic rings. The maximum absolute atomic E-state index is 13.9. The zero-order valence-corrected chi connectivity index (χ0v) is 13.7. The van der Waals surface area contributed by atoms with Crippen molar-refractivity contribution in [1.29, 1.82) is 0 Å². The van der Waals surface area contributed by atoms with Gasteiger partial charge >= 0.3 is 0 Å². The van der Waals surface area contributed by atoms with Gasteiger partial charge in [-0.25, -0.2) is 4.39 Å². The van der Waals surface area contributed by atoms with E-state index in [1.807, 2.05) is 13.1 Å². The predicted molar refractivity (Wildman–Crippen MR) is 88.1 cm³/mol. The van der Waals surface area contributed by atoms with E-state index in [0.717, 1.165) is 5.56 Å². The summed E-state index contributed by atoms with van der Waals surface area (Å²) in [6.45, 7) is 0. The maximum atomic E-state index is 13.9. The lowest BCUT2D eigenvalue weighted by molar-refractivity contribution is 0.532. The van der Waals surface area contributed by atoms with Gasteiger partial charge in [0.05, 0.1) is 0 Å². The van der Waals surface area contributed by atoms with Crippen LogP contribution in [0.25, 0.3) is 0 Å². The Morgan fingerprint density at radius 2 is 1.81 bits per heavy atom. The van der Waals surface area contributed by atoms with Crippen molar-refractivity contribution in [2.24, 2.45) is 0 Å². The molecule has 0 aliphatic carbocycles. The standard InChI is InChI=1S/C16H15Cl3FN/c1-21-12(7-10-5-6-11(17)8-15(10)19)9-13-14(18)3-2-4-16(13)20/h2-6,8,12,21H,7,9H2,1H3. The normalized spacial score (nSPS) is 12.4. The third-order valence-corrected chi connectivity index (χ3v) is 4.34. The van der Waals surface area contributed by atoms with E-state index >= 15 is 0 Å². The molecule has 0 radical (unpaired) electrons. The van der Waals surface area contributed by atoms with Crippen LogP contribution in [0.3, 0.4) is 0 Å². The van der Waals surface area contributed by atoms with E-state index in [1.54, 1.807) is 24.3 Å². The second-order valence-electron chi connectivity index (χ2n) is 4.83. The van der Waals surface area contributed by atoms with Crippen LogP contribution in [0.4, 0.5) is 4.39 Å². The molecule has 0 aliphatic heterocycles. The molecule has 0 aliphatic rings. The summed E-state index contributed by atoms with van der Waals surface area (Å²) >= 11 is 18.1. The van der Waals surface area contributed by atoms with E-state index in [1.165, 1.54) is 6.07 Å². The summed E-state index contributed by atoms with van der Waals surface area (Å²) in [4.78, 5) is 0. The molecule has 1 nitrogen and oxygen atoms in total. The molecule has 0 saturated heterocycles. The van der Waals surface area contributed by atoms with Crippen LogP contribution in [0.2, 0.25) is 15.1 Å². The summed E-state index contributed by atoms with van der Waals surface area (Å²) in [5.74, 6) is -0.287. The van der Waals surface area contributed by atoms with E-state index in [2.05, 4.69) is 5.32 Å². The Morgan fingerprint density at radius 1 is 1.05 bits per heavy atom. The number of benzene rings is 2. The van der Waals surface area contributed by atoms with Gasteiger partial charge in [-0.1, -0.05) is 46.9 Å². The summed E-state index contributed by atoms with van der Waals surface area (Å²) in [6.07, 6.45) is 1.15. The molecular formula is C16H15Cl3FN. The van der Waals surface area contributed by atoms with Gasteiger partial charge in [0.25, 0.3) is 0 Å². The number of likely N-dealkylation sites (N-methyl/N-ethyl adjacent to an activating group) is 1. The van der Waals surface area contributed by atoms with Crippen molar-refractivity contribution in [3.63, 3.8) is 0 Å². The van der Waals surface area contributed by atoms with Crippen LogP contribution < -0.4 is 5.32 Å². The molecule has 0 bridgehead atoms. The van der Waals surface area contributed by atoms with Crippen molar-refractivity contribution in [2.45, 2.75) is 18.9 Å². The first-order valence-electron chi connectivity index (χ1n) is 6.55. The Morgan fingerprint density at radius 3 is 2.43 bits per heavy atom. The van der Waals surface area contributed by atoms with Crippen molar-refractivity contribution in [1.82, 2.24) is 5.32 Å².